The second-order valence-electron chi connectivity index (χ2n) is 2.82. The van der Waals surface area contributed by atoms with E-state index in [0.29, 0.717) is 0 Å². The molecule has 0 saturated carbocycles. The number of alkyl halides is 3. The molecule has 1 aromatic carbocycles. The first-order valence-corrected chi connectivity index (χ1v) is 4.07. The summed E-state index contributed by atoms with van der Waals surface area (Å²) in [5.74, 6) is 0. The molecule has 0 atom stereocenters. The summed E-state index contributed by atoms with van der Waals surface area (Å²) < 4.78 is 36.5. The number of nitrogens with zero attached hydrogens (tertiary/aromatic N) is 2. The fraction of sp³-hybridized carbons (Fsp3) is 0.200. The molecule has 1 aromatic rings. The van der Waals surface area contributed by atoms with Crippen molar-refractivity contribution in [1.29, 1.82) is 5.26 Å². The van der Waals surface area contributed by atoms with Crippen molar-refractivity contribution in [2.75, 3.05) is 0 Å². The molecule has 78 valence electrons. The molecule has 0 aliphatic rings. The van der Waals surface area contributed by atoms with Crippen LogP contribution in [0.1, 0.15) is 12.5 Å². The lowest BCUT2D eigenvalue weighted by atomic mass is 10.2. The van der Waals surface area contributed by atoms with Crippen molar-refractivity contribution in [3.63, 3.8) is 0 Å². The summed E-state index contributed by atoms with van der Waals surface area (Å²) in [6.45, 7) is 0.869. The maximum absolute atomic E-state index is 12.2. The fourth-order valence-electron chi connectivity index (χ4n) is 0.910. The molecule has 0 amide bonds. The minimum absolute atomic E-state index is 0.0369. The molecule has 0 aliphatic heterocycles. The van der Waals surface area contributed by atoms with E-state index in [1.807, 2.05) is 0 Å². The van der Waals surface area contributed by atoms with Gasteiger partial charge >= 0.3 is 6.18 Å². The van der Waals surface area contributed by atoms with E-state index in [-0.39, 0.29) is 11.3 Å². The largest absolute Gasteiger partial charge is 0.429 e. The van der Waals surface area contributed by atoms with Crippen LogP contribution >= 0.6 is 0 Å². The predicted molar refractivity (Wildman–Crippen MR) is 50.0 cm³/mol. The van der Waals surface area contributed by atoms with Gasteiger partial charge in [-0.1, -0.05) is 12.1 Å². The van der Waals surface area contributed by atoms with Gasteiger partial charge in [-0.2, -0.15) is 18.4 Å². The molecule has 5 heteroatoms. The van der Waals surface area contributed by atoms with Crippen LogP contribution in [0, 0.1) is 11.3 Å². The summed E-state index contributed by atoms with van der Waals surface area (Å²) in [6.07, 6.45) is -4.46. The second-order valence-corrected chi connectivity index (χ2v) is 2.82. The predicted octanol–water partition coefficient (Wildman–Crippen LogP) is 3.21. The maximum Gasteiger partial charge on any atom is 0.429 e. The van der Waals surface area contributed by atoms with E-state index in [1.165, 1.54) is 18.2 Å². The molecular formula is C10H7F3N2. The van der Waals surface area contributed by atoms with Gasteiger partial charge in [0.05, 0.1) is 11.3 Å². The first kappa shape index (κ1) is 11.2. The highest BCUT2D eigenvalue weighted by atomic mass is 19.4. The quantitative estimate of drug-likeness (QED) is 0.658. The van der Waals surface area contributed by atoms with Crippen molar-refractivity contribution in [3.8, 4) is 6.07 Å². The number of para-hydroxylation sites is 1. The average Bonchev–Trinajstić information content (AvgIpc) is 2.17. The maximum atomic E-state index is 12.2. The van der Waals surface area contributed by atoms with Crippen molar-refractivity contribution < 1.29 is 13.2 Å². The van der Waals surface area contributed by atoms with Crippen molar-refractivity contribution in [2.45, 2.75) is 13.1 Å². The van der Waals surface area contributed by atoms with E-state index in [1.54, 1.807) is 12.1 Å². The molecular weight excluding hydrogens is 205 g/mol. The Hall–Kier alpha value is -1.83. The SMILES string of the molecule is CC(=Nc1ccccc1C#N)C(F)(F)F. The van der Waals surface area contributed by atoms with Crippen molar-refractivity contribution in [1.82, 2.24) is 0 Å². The molecule has 0 aromatic heterocycles. The van der Waals surface area contributed by atoms with Crippen LogP contribution in [0.2, 0.25) is 0 Å². The van der Waals surface area contributed by atoms with Gasteiger partial charge in [0.25, 0.3) is 0 Å². The smallest absolute Gasteiger partial charge is 0.247 e. The van der Waals surface area contributed by atoms with Gasteiger partial charge in [0, 0.05) is 0 Å². The van der Waals surface area contributed by atoms with Gasteiger partial charge in [-0.15, -0.1) is 0 Å². The van der Waals surface area contributed by atoms with E-state index < -0.39 is 11.9 Å². The number of aliphatic imine (C=N–C) groups is 1. The molecule has 2 nitrogen and oxygen atoms in total. The Labute approximate surface area is 84.7 Å². The number of nitriles is 1. The van der Waals surface area contributed by atoms with Crippen LogP contribution in [0.3, 0.4) is 0 Å². The van der Waals surface area contributed by atoms with Gasteiger partial charge in [0.1, 0.15) is 11.8 Å². The fourth-order valence-corrected chi connectivity index (χ4v) is 0.910. The summed E-state index contributed by atoms with van der Waals surface area (Å²) >= 11 is 0. The highest BCUT2D eigenvalue weighted by molar-refractivity contribution is 5.90. The van der Waals surface area contributed by atoms with E-state index in [2.05, 4.69) is 4.99 Å². The lowest BCUT2D eigenvalue weighted by Gasteiger charge is -2.05. The molecule has 0 spiro atoms. The third-order valence-electron chi connectivity index (χ3n) is 1.72. The van der Waals surface area contributed by atoms with Crippen LogP contribution in [0.25, 0.3) is 0 Å². The number of rotatable bonds is 1. The van der Waals surface area contributed by atoms with Gasteiger partial charge in [0.15, 0.2) is 0 Å². The van der Waals surface area contributed by atoms with Gasteiger partial charge in [-0.25, -0.2) is 4.99 Å². The Morgan fingerprint density at radius 2 is 1.93 bits per heavy atom. The Balaban J connectivity index is 3.15. The van der Waals surface area contributed by atoms with Crippen LogP contribution in [0.5, 0.6) is 0 Å². The van der Waals surface area contributed by atoms with Crippen LogP contribution in [0.4, 0.5) is 18.9 Å². The normalized spacial score (nSPS) is 12.3. The number of hydrogen-bond acceptors (Lipinski definition) is 2. The summed E-state index contributed by atoms with van der Waals surface area (Å²) in [4.78, 5) is 3.37. The van der Waals surface area contributed by atoms with E-state index >= 15 is 0 Å². The van der Waals surface area contributed by atoms with Crippen LogP contribution < -0.4 is 0 Å². The highest BCUT2D eigenvalue weighted by Gasteiger charge is 2.32. The molecule has 0 aliphatic carbocycles. The zero-order chi connectivity index (χ0) is 11.5. The molecule has 0 unspecified atom stereocenters. The van der Waals surface area contributed by atoms with Crippen molar-refractivity contribution >= 4 is 11.4 Å². The summed E-state index contributed by atoms with van der Waals surface area (Å²) in [6, 6.07) is 7.67. The van der Waals surface area contributed by atoms with Crippen LogP contribution in [0.15, 0.2) is 29.3 Å². The minimum atomic E-state index is -4.46. The standard InChI is InChI=1S/C10H7F3N2/c1-7(10(11,12)13)15-9-5-3-2-4-8(9)6-14/h2-5H,1H3. The minimum Gasteiger partial charge on any atom is -0.247 e. The third-order valence-corrected chi connectivity index (χ3v) is 1.72. The average molecular weight is 212 g/mol. The monoisotopic (exact) mass is 212 g/mol. The number of benzene rings is 1. The van der Waals surface area contributed by atoms with Gasteiger partial charge < -0.3 is 0 Å². The summed E-state index contributed by atoms with van der Waals surface area (Å²) in [5.41, 5.74) is -0.805. The molecule has 0 fully saturated rings. The van der Waals surface area contributed by atoms with E-state index in [9.17, 15) is 13.2 Å². The third kappa shape index (κ3) is 2.81. The first-order valence-electron chi connectivity index (χ1n) is 4.07. The van der Waals surface area contributed by atoms with Crippen molar-refractivity contribution in [2.24, 2.45) is 4.99 Å². The number of hydrogen-bond donors (Lipinski definition) is 0. The molecule has 0 radical (unpaired) electrons. The lowest BCUT2D eigenvalue weighted by molar-refractivity contribution is -0.0591. The van der Waals surface area contributed by atoms with Crippen molar-refractivity contribution in [3.05, 3.63) is 29.8 Å². The van der Waals surface area contributed by atoms with Gasteiger partial charge in [-0.3, -0.25) is 0 Å². The van der Waals surface area contributed by atoms with Crippen LogP contribution in [-0.2, 0) is 0 Å². The summed E-state index contributed by atoms with van der Waals surface area (Å²) in [5, 5.41) is 8.63. The lowest BCUT2D eigenvalue weighted by Crippen LogP contribution is -2.18. The van der Waals surface area contributed by atoms with Crippen LogP contribution in [-0.4, -0.2) is 11.9 Å². The molecule has 0 bridgehead atoms. The Kier molecular flexibility index (Phi) is 3.10. The molecule has 0 N–H and O–H groups in total. The topological polar surface area (TPSA) is 36.1 Å². The van der Waals surface area contributed by atoms with E-state index in [4.69, 9.17) is 5.26 Å². The number of halogens is 3. The molecule has 0 saturated heterocycles. The highest BCUT2D eigenvalue weighted by Crippen LogP contribution is 2.23. The molecule has 1 rings (SSSR count). The first-order chi connectivity index (χ1) is 6.95. The zero-order valence-electron chi connectivity index (χ0n) is 7.84. The van der Waals surface area contributed by atoms with E-state index in [0.717, 1.165) is 6.92 Å². The van der Waals surface area contributed by atoms with Gasteiger partial charge in [-0.05, 0) is 19.1 Å². The molecule has 15 heavy (non-hydrogen) atoms. The molecule has 0 heterocycles. The Bertz CT molecular complexity index is 427. The Morgan fingerprint density at radius 1 is 1.33 bits per heavy atom. The summed E-state index contributed by atoms with van der Waals surface area (Å²) in [7, 11) is 0. The Morgan fingerprint density at radius 3 is 2.47 bits per heavy atom. The van der Waals surface area contributed by atoms with Gasteiger partial charge in [0.2, 0.25) is 0 Å². The zero-order valence-corrected chi connectivity index (χ0v) is 7.84. The second kappa shape index (κ2) is 4.13.